The summed E-state index contributed by atoms with van der Waals surface area (Å²) >= 11 is 0. The Bertz CT molecular complexity index is 661. The van der Waals surface area contributed by atoms with Crippen LogP contribution in [0.1, 0.15) is 20.7 Å². The first-order chi connectivity index (χ1) is 8.20. The summed E-state index contributed by atoms with van der Waals surface area (Å²) in [4.78, 5) is 23.4. The molecule has 0 bridgehead atoms. The number of ether oxygens (including phenoxy) is 1. The van der Waals surface area contributed by atoms with E-state index in [2.05, 4.69) is 5.32 Å². The summed E-state index contributed by atoms with van der Waals surface area (Å²) in [6.07, 6.45) is 0. The molecule has 0 saturated carbocycles. The number of hydrogen-bond donors (Lipinski definition) is 1. The van der Waals surface area contributed by atoms with Gasteiger partial charge in [-0.1, -0.05) is 12.1 Å². The second-order valence-corrected chi connectivity index (χ2v) is 3.86. The summed E-state index contributed by atoms with van der Waals surface area (Å²) in [7, 11) is 1.55. The van der Waals surface area contributed by atoms with E-state index in [1.54, 1.807) is 25.3 Å². The van der Waals surface area contributed by atoms with E-state index in [0.29, 0.717) is 22.3 Å². The highest BCUT2D eigenvalue weighted by molar-refractivity contribution is 6.25. The molecule has 0 saturated heterocycles. The van der Waals surface area contributed by atoms with Crippen LogP contribution < -0.4 is 10.1 Å². The van der Waals surface area contributed by atoms with Crippen LogP contribution in [0.15, 0.2) is 30.3 Å². The second kappa shape index (κ2) is 3.31. The number of benzene rings is 2. The van der Waals surface area contributed by atoms with Crippen LogP contribution in [0.4, 0.5) is 0 Å². The number of carbonyl (C=O) groups is 2. The molecule has 3 rings (SSSR count). The summed E-state index contributed by atoms with van der Waals surface area (Å²) < 4.78 is 5.14. The minimum absolute atomic E-state index is 0.349. The van der Waals surface area contributed by atoms with E-state index in [1.807, 2.05) is 12.1 Å². The van der Waals surface area contributed by atoms with Crippen LogP contribution >= 0.6 is 0 Å². The molecule has 0 atom stereocenters. The summed E-state index contributed by atoms with van der Waals surface area (Å²) in [6, 6.07) is 8.81. The normalized spacial score (nSPS) is 13.7. The number of hydrogen-bond acceptors (Lipinski definition) is 3. The van der Waals surface area contributed by atoms with Crippen LogP contribution in [-0.2, 0) is 0 Å². The van der Waals surface area contributed by atoms with Gasteiger partial charge in [0.15, 0.2) is 0 Å². The van der Waals surface area contributed by atoms with Crippen molar-refractivity contribution < 1.29 is 14.3 Å². The average Bonchev–Trinajstić information content (AvgIpc) is 2.35. The minimum Gasteiger partial charge on any atom is -0.497 e. The molecule has 84 valence electrons. The fraction of sp³-hybridized carbons (Fsp3) is 0.0769. The van der Waals surface area contributed by atoms with Gasteiger partial charge in [-0.05, 0) is 23.6 Å². The lowest BCUT2D eigenvalue weighted by atomic mass is 9.95. The standard InChI is InChI=1S/C13H9NO3/c1-17-8-5-7-3-2-4-9-11(7)10(6-8)13(16)14-12(9)15/h2-6H,1H3,(H,14,15,16). The molecule has 17 heavy (non-hydrogen) atoms. The fourth-order valence-electron chi connectivity index (χ4n) is 2.12. The van der Waals surface area contributed by atoms with Crippen molar-refractivity contribution in [3.8, 4) is 5.75 Å². The molecule has 0 aromatic heterocycles. The quantitative estimate of drug-likeness (QED) is 0.755. The maximum absolute atomic E-state index is 11.8. The molecule has 1 aliphatic rings. The molecule has 2 aromatic carbocycles. The predicted molar refractivity (Wildman–Crippen MR) is 62.3 cm³/mol. The maximum atomic E-state index is 11.8. The highest BCUT2D eigenvalue weighted by Gasteiger charge is 2.25. The van der Waals surface area contributed by atoms with Crippen molar-refractivity contribution in [3.63, 3.8) is 0 Å². The number of imide groups is 1. The lowest BCUT2D eigenvalue weighted by Crippen LogP contribution is -2.34. The summed E-state index contributed by atoms with van der Waals surface area (Å²) in [6.45, 7) is 0. The Labute approximate surface area is 97.2 Å². The zero-order valence-corrected chi connectivity index (χ0v) is 9.11. The fourth-order valence-corrected chi connectivity index (χ4v) is 2.12. The molecule has 1 aliphatic heterocycles. The Morgan fingerprint density at radius 3 is 2.59 bits per heavy atom. The van der Waals surface area contributed by atoms with Crippen LogP contribution in [0.25, 0.3) is 10.8 Å². The Hall–Kier alpha value is -2.36. The molecule has 0 fully saturated rings. The Morgan fingerprint density at radius 1 is 1.06 bits per heavy atom. The molecule has 0 unspecified atom stereocenters. The number of methoxy groups -OCH3 is 1. The number of amides is 2. The van der Waals surface area contributed by atoms with Crippen molar-refractivity contribution >= 4 is 22.6 Å². The summed E-state index contributed by atoms with van der Waals surface area (Å²) in [5.74, 6) is -0.120. The summed E-state index contributed by atoms with van der Waals surface area (Å²) in [5.41, 5.74) is 1.01. The van der Waals surface area contributed by atoms with Gasteiger partial charge in [-0.25, -0.2) is 0 Å². The predicted octanol–water partition coefficient (Wildman–Crippen LogP) is 1.73. The maximum Gasteiger partial charge on any atom is 0.258 e. The molecule has 2 aromatic rings. The van der Waals surface area contributed by atoms with Crippen LogP contribution in [0.3, 0.4) is 0 Å². The van der Waals surface area contributed by atoms with Crippen molar-refractivity contribution in [1.29, 1.82) is 0 Å². The molecule has 2 amide bonds. The monoisotopic (exact) mass is 227 g/mol. The van der Waals surface area contributed by atoms with Crippen molar-refractivity contribution in [2.45, 2.75) is 0 Å². The first-order valence-electron chi connectivity index (χ1n) is 5.17. The Morgan fingerprint density at radius 2 is 1.82 bits per heavy atom. The first-order valence-corrected chi connectivity index (χ1v) is 5.17. The van der Waals surface area contributed by atoms with Gasteiger partial charge in [-0.2, -0.15) is 0 Å². The van der Waals surface area contributed by atoms with E-state index < -0.39 is 0 Å². The van der Waals surface area contributed by atoms with Gasteiger partial charge < -0.3 is 4.74 Å². The molecule has 0 aliphatic carbocycles. The third kappa shape index (κ3) is 1.30. The smallest absolute Gasteiger partial charge is 0.258 e. The second-order valence-electron chi connectivity index (χ2n) is 3.86. The van der Waals surface area contributed by atoms with Crippen molar-refractivity contribution in [3.05, 3.63) is 41.5 Å². The first kappa shape index (κ1) is 9.84. The number of carbonyl (C=O) groups excluding carboxylic acids is 2. The highest BCUT2D eigenvalue weighted by atomic mass is 16.5. The van der Waals surface area contributed by atoms with E-state index in [0.717, 1.165) is 5.39 Å². The van der Waals surface area contributed by atoms with Gasteiger partial charge in [0.2, 0.25) is 0 Å². The van der Waals surface area contributed by atoms with Crippen LogP contribution in [0.2, 0.25) is 0 Å². The van der Waals surface area contributed by atoms with E-state index in [1.165, 1.54) is 0 Å². The molecule has 0 radical (unpaired) electrons. The van der Waals surface area contributed by atoms with Crippen LogP contribution in [-0.4, -0.2) is 18.9 Å². The Balaban J connectivity index is 2.48. The molecular formula is C13H9NO3. The van der Waals surface area contributed by atoms with Gasteiger partial charge in [0.25, 0.3) is 11.8 Å². The minimum atomic E-state index is -0.377. The lowest BCUT2D eigenvalue weighted by molar-refractivity contribution is 0.0844. The number of rotatable bonds is 1. The van der Waals surface area contributed by atoms with Gasteiger partial charge in [0.1, 0.15) is 5.75 Å². The SMILES string of the molecule is COc1cc2c3c(cccc3c1)C(=O)NC2=O. The van der Waals surface area contributed by atoms with E-state index in [-0.39, 0.29) is 11.8 Å². The topological polar surface area (TPSA) is 55.4 Å². The molecular weight excluding hydrogens is 218 g/mol. The highest BCUT2D eigenvalue weighted by Crippen LogP contribution is 2.30. The van der Waals surface area contributed by atoms with E-state index >= 15 is 0 Å². The number of nitrogens with one attached hydrogen (secondary N) is 1. The molecule has 4 nitrogen and oxygen atoms in total. The largest absolute Gasteiger partial charge is 0.497 e. The lowest BCUT2D eigenvalue weighted by Gasteiger charge is -2.17. The van der Waals surface area contributed by atoms with Gasteiger partial charge in [-0.3, -0.25) is 14.9 Å². The van der Waals surface area contributed by atoms with Gasteiger partial charge >= 0.3 is 0 Å². The molecule has 1 heterocycles. The molecule has 4 heteroatoms. The third-order valence-corrected chi connectivity index (χ3v) is 2.90. The van der Waals surface area contributed by atoms with E-state index in [4.69, 9.17) is 4.74 Å². The van der Waals surface area contributed by atoms with Gasteiger partial charge in [0.05, 0.1) is 12.7 Å². The van der Waals surface area contributed by atoms with Gasteiger partial charge in [0, 0.05) is 10.9 Å². The summed E-state index contributed by atoms with van der Waals surface area (Å²) in [5, 5.41) is 3.84. The Kier molecular flexibility index (Phi) is 1.92. The average molecular weight is 227 g/mol. The molecule has 0 spiro atoms. The van der Waals surface area contributed by atoms with Crippen molar-refractivity contribution in [1.82, 2.24) is 5.32 Å². The zero-order valence-electron chi connectivity index (χ0n) is 9.11. The zero-order chi connectivity index (χ0) is 12.0. The van der Waals surface area contributed by atoms with Crippen molar-refractivity contribution in [2.24, 2.45) is 0 Å². The van der Waals surface area contributed by atoms with Crippen LogP contribution in [0.5, 0.6) is 5.75 Å². The van der Waals surface area contributed by atoms with Crippen molar-refractivity contribution in [2.75, 3.05) is 7.11 Å². The van der Waals surface area contributed by atoms with E-state index in [9.17, 15) is 9.59 Å². The van der Waals surface area contributed by atoms with Gasteiger partial charge in [-0.15, -0.1) is 0 Å². The molecule has 1 N–H and O–H groups in total. The third-order valence-electron chi connectivity index (χ3n) is 2.90. The van der Waals surface area contributed by atoms with Crippen LogP contribution in [0, 0.1) is 0 Å².